The van der Waals surface area contributed by atoms with Crippen LogP contribution in [0.4, 0.5) is 0 Å². The van der Waals surface area contributed by atoms with Crippen LogP contribution in [0.2, 0.25) is 0 Å². The van der Waals surface area contributed by atoms with Gasteiger partial charge in [-0.25, -0.2) is 0 Å². The third kappa shape index (κ3) is 2.47. The summed E-state index contributed by atoms with van der Waals surface area (Å²) in [5.41, 5.74) is 2.29. The molecule has 0 spiro atoms. The Morgan fingerprint density at radius 1 is 1.35 bits per heavy atom. The molecular weight excluding hydrogens is 336 g/mol. The van der Waals surface area contributed by atoms with Crippen LogP contribution in [0.5, 0.6) is 0 Å². The lowest BCUT2D eigenvalue weighted by molar-refractivity contribution is 0.208. The van der Waals surface area contributed by atoms with E-state index >= 15 is 0 Å². The molecule has 0 amide bonds. The summed E-state index contributed by atoms with van der Waals surface area (Å²) >= 11 is 5.28. The first-order valence-corrected chi connectivity index (χ1v) is 8.71. The van der Waals surface area contributed by atoms with Crippen LogP contribution < -0.4 is 0 Å². The lowest BCUT2D eigenvalue weighted by atomic mass is 9.99. The predicted octanol–water partition coefficient (Wildman–Crippen LogP) is 4.25. The molecule has 0 aromatic carbocycles. The fraction of sp³-hybridized carbons (Fsp3) is 0.533. The van der Waals surface area contributed by atoms with Crippen molar-refractivity contribution in [3.8, 4) is 0 Å². The Balaban J connectivity index is 1.98. The molecule has 1 aliphatic carbocycles. The molecule has 2 aromatic rings. The SMILES string of the molecule is CC(C)n1ncc(Br)c1C(O)c1cc2c(s1)CCCC2. The van der Waals surface area contributed by atoms with Gasteiger partial charge in [0.05, 0.1) is 16.4 Å². The van der Waals surface area contributed by atoms with Crippen molar-refractivity contribution in [1.29, 1.82) is 0 Å². The quantitative estimate of drug-likeness (QED) is 0.894. The third-order valence-corrected chi connectivity index (χ3v) is 5.72. The highest BCUT2D eigenvalue weighted by Gasteiger charge is 2.24. The second-order valence-electron chi connectivity index (χ2n) is 5.62. The number of rotatable bonds is 3. The zero-order valence-electron chi connectivity index (χ0n) is 11.8. The van der Waals surface area contributed by atoms with Gasteiger partial charge in [-0.05, 0) is 67.1 Å². The normalized spacial score (nSPS) is 16.4. The van der Waals surface area contributed by atoms with E-state index in [2.05, 4.69) is 40.9 Å². The Bertz CT molecular complexity index is 594. The van der Waals surface area contributed by atoms with Crippen molar-refractivity contribution in [2.75, 3.05) is 0 Å². The van der Waals surface area contributed by atoms with Crippen LogP contribution >= 0.6 is 27.3 Å². The lowest BCUT2D eigenvalue weighted by Crippen LogP contribution is -2.11. The smallest absolute Gasteiger partial charge is 0.131 e. The van der Waals surface area contributed by atoms with Gasteiger partial charge in [-0.1, -0.05) is 0 Å². The summed E-state index contributed by atoms with van der Waals surface area (Å²) in [6.07, 6.45) is 6.04. The van der Waals surface area contributed by atoms with Crippen molar-refractivity contribution >= 4 is 27.3 Å². The van der Waals surface area contributed by atoms with Gasteiger partial charge in [0, 0.05) is 15.8 Å². The Kier molecular flexibility index (Phi) is 4.02. The topological polar surface area (TPSA) is 38.0 Å². The van der Waals surface area contributed by atoms with E-state index in [0.717, 1.165) is 27.9 Å². The summed E-state index contributed by atoms with van der Waals surface area (Å²) in [4.78, 5) is 2.50. The maximum atomic E-state index is 10.8. The fourth-order valence-electron chi connectivity index (χ4n) is 2.80. The van der Waals surface area contributed by atoms with E-state index in [9.17, 15) is 5.11 Å². The molecule has 0 saturated carbocycles. The van der Waals surface area contributed by atoms with Gasteiger partial charge < -0.3 is 5.11 Å². The molecule has 3 rings (SSSR count). The molecule has 3 nitrogen and oxygen atoms in total. The lowest BCUT2D eigenvalue weighted by Gasteiger charge is -2.15. The van der Waals surface area contributed by atoms with Gasteiger partial charge in [0.15, 0.2) is 0 Å². The van der Waals surface area contributed by atoms with Gasteiger partial charge in [0.25, 0.3) is 0 Å². The van der Waals surface area contributed by atoms with Crippen molar-refractivity contribution in [2.45, 2.75) is 51.7 Å². The van der Waals surface area contributed by atoms with Gasteiger partial charge in [-0.2, -0.15) is 5.10 Å². The van der Waals surface area contributed by atoms with Crippen molar-refractivity contribution in [3.05, 3.63) is 37.7 Å². The number of hydrogen-bond donors (Lipinski definition) is 1. The van der Waals surface area contributed by atoms with E-state index < -0.39 is 6.10 Å². The molecule has 0 radical (unpaired) electrons. The molecule has 5 heteroatoms. The van der Waals surface area contributed by atoms with Gasteiger partial charge >= 0.3 is 0 Å². The van der Waals surface area contributed by atoms with Gasteiger partial charge in [-0.15, -0.1) is 11.3 Å². The van der Waals surface area contributed by atoms with Crippen LogP contribution in [-0.4, -0.2) is 14.9 Å². The summed E-state index contributed by atoms with van der Waals surface area (Å²) in [5, 5.41) is 15.1. The monoisotopic (exact) mass is 354 g/mol. The third-order valence-electron chi connectivity index (χ3n) is 3.82. The molecule has 20 heavy (non-hydrogen) atoms. The Hall–Kier alpha value is -0.650. The van der Waals surface area contributed by atoms with E-state index in [1.807, 2.05) is 4.68 Å². The summed E-state index contributed by atoms with van der Waals surface area (Å²) in [7, 11) is 0. The molecule has 0 aliphatic heterocycles. The second-order valence-corrected chi connectivity index (χ2v) is 7.65. The van der Waals surface area contributed by atoms with Crippen LogP contribution in [-0.2, 0) is 12.8 Å². The van der Waals surface area contributed by atoms with E-state index in [0.29, 0.717) is 0 Å². The van der Waals surface area contributed by atoms with E-state index in [1.54, 1.807) is 17.5 Å². The zero-order chi connectivity index (χ0) is 14.3. The molecule has 1 atom stereocenters. The summed E-state index contributed by atoms with van der Waals surface area (Å²) in [5.74, 6) is 0. The first kappa shape index (κ1) is 14.3. The van der Waals surface area contributed by atoms with Crippen LogP contribution in [0.3, 0.4) is 0 Å². The molecule has 0 saturated heterocycles. The van der Waals surface area contributed by atoms with Crippen molar-refractivity contribution in [3.63, 3.8) is 0 Å². The van der Waals surface area contributed by atoms with Crippen molar-refractivity contribution in [2.24, 2.45) is 0 Å². The molecule has 1 aliphatic rings. The van der Waals surface area contributed by atoms with E-state index in [-0.39, 0.29) is 6.04 Å². The van der Waals surface area contributed by atoms with Crippen LogP contribution in [0.15, 0.2) is 16.7 Å². The largest absolute Gasteiger partial charge is 0.381 e. The highest BCUT2D eigenvalue weighted by molar-refractivity contribution is 9.10. The fourth-order valence-corrected chi connectivity index (χ4v) is 4.54. The number of halogens is 1. The van der Waals surface area contributed by atoms with Gasteiger partial charge in [0.2, 0.25) is 0 Å². The van der Waals surface area contributed by atoms with Crippen LogP contribution in [0.1, 0.15) is 59.8 Å². The van der Waals surface area contributed by atoms with Crippen LogP contribution in [0.25, 0.3) is 0 Å². The molecule has 0 fully saturated rings. The van der Waals surface area contributed by atoms with E-state index in [1.165, 1.54) is 23.3 Å². The average Bonchev–Trinajstić information content (AvgIpc) is 3.01. The molecule has 1 N–H and O–H groups in total. The number of aliphatic hydroxyl groups is 1. The Morgan fingerprint density at radius 2 is 2.10 bits per heavy atom. The molecule has 2 aromatic heterocycles. The molecule has 2 heterocycles. The average molecular weight is 355 g/mol. The highest BCUT2D eigenvalue weighted by atomic mass is 79.9. The Morgan fingerprint density at radius 3 is 2.80 bits per heavy atom. The van der Waals surface area contributed by atoms with Crippen molar-refractivity contribution < 1.29 is 5.11 Å². The number of thiophene rings is 1. The number of nitrogens with zero attached hydrogens (tertiary/aromatic N) is 2. The second kappa shape index (κ2) is 5.62. The molecule has 1 unspecified atom stereocenters. The minimum absolute atomic E-state index is 0.237. The number of hydrogen-bond acceptors (Lipinski definition) is 3. The van der Waals surface area contributed by atoms with Crippen molar-refractivity contribution in [1.82, 2.24) is 9.78 Å². The van der Waals surface area contributed by atoms with Gasteiger partial charge in [0.1, 0.15) is 6.10 Å². The predicted molar refractivity (Wildman–Crippen MR) is 85.3 cm³/mol. The minimum Gasteiger partial charge on any atom is -0.381 e. The summed E-state index contributed by atoms with van der Waals surface area (Å²) in [6.45, 7) is 4.16. The molecular formula is C15H19BrN2OS. The zero-order valence-corrected chi connectivity index (χ0v) is 14.2. The number of fused-ring (bicyclic) bond motifs is 1. The first-order valence-electron chi connectivity index (χ1n) is 7.10. The highest BCUT2D eigenvalue weighted by Crippen LogP contribution is 2.37. The first-order chi connectivity index (χ1) is 9.58. The standard InChI is InChI=1S/C15H19BrN2OS/c1-9(2)18-14(11(16)8-17-18)15(19)13-7-10-5-3-4-6-12(10)20-13/h7-9,15,19H,3-6H2,1-2H3. The van der Waals surface area contributed by atoms with Gasteiger partial charge in [-0.3, -0.25) is 4.68 Å². The van der Waals surface area contributed by atoms with Crippen LogP contribution in [0, 0.1) is 0 Å². The number of aryl methyl sites for hydroxylation is 2. The number of aromatic nitrogens is 2. The van der Waals surface area contributed by atoms with E-state index in [4.69, 9.17) is 0 Å². The summed E-state index contributed by atoms with van der Waals surface area (Å²) in [6, 6.07) is 2.43. The summed E-state index contributed by atoms with van der Waals surface area (Å²) < 4.78 is 2.78. The maximum Gasteiger partial charge on any atom is 0.131 e. The molecule has 108 valence electrons. The molecule has 0 bridgehead atoms. The number of aliphatic hydroxyl groups excluding tert-OH is 1. The minimum atomic E-state index is -0.593. The maximum absolute atomic E-state index is 10.8. The Labute approximate surface area is 131 Å².